The zero-order chi connectivity index (χ0) is 16.8. The Labute approximate surface area is 144 Å². The molecule has 2 saturated heterocycles. The predicted molar refractivity (Wildman–Crippen MR) is 90.8 cm³/mol. The van der Waals surface area contributed by atoms with Crippen LogP contribution in [-0.2, 0) is 14.3 Å². The Kier molecular flexibility index (Phi) is 6.32. The quantitative estimate of drug-likeness (QED) is 0.745. The Bertz CT molecular complexity index is 521. The van der Waals surface area contributed by atoms with Gasteiger partial charge in [0.05, 0.1) is 31.8 Å². The standard InChI is InChI=1S/C19H29NO4/c1-15-8-9-18(24-15)17-7-3-2-4-11-20(17)19(21)10-13-22-14-16-6-5-12-23-16/h8-9,16-17H,2-7,10-14H2,1H3/t16-,17-/m0/s1. The van der Waals surface area contributed by atoms with Gasteiger partial charge in [0.25, 0.3) is 0 Å². The summed E-state index contributed by atoms with van der Waals surface area (Å²) in [6, 6.07) is 4.07. The molecular weight excluding hydrogens is 306 g/mol. The van der Waals surface area contributed by atoms with Crippen LogP contribution in [0.5, 0.6) is 0 Å². The molecule has 1 amide bonds. The second kappa shape index (κ2) is 8.67. The van der Waals surface area contributed by atoms with Gasteiger partial charge in [-0.3, -0.25) is 4.79 Å². The monoisotopic (exact) mass is 335 g/mol. The Hall–Kier alpha value is -1.33. The Morgan fingerprint density at radius 1 is 1.25 bits per heavy atom. The van der Waals surface area contributed by atoms with Gasteiger partial charge in [-0.05, 0) is 44.7 Å². The molecule has 2 aliphatic heterocycles. The average molecular weight is 335 g/mol. The topological polar surface area (TPSA) is 51.9 Å². The summed E-state index contributed by atoms with van der Waals surface area (Å²) in [5.41, 5.74) is 0. The summed E-state index contributed by atoms with van der Waals surface area (Å²) in [5.74, 6) is 1.99. The minimum absolute atomic E-state index is 0.0758. The Morgan fingerprint density at radius 2 is 2.17 bits per heavy atom. The third-order valence-corrected chi connectivity index (χ3v) is 4.95. The first-order valence-electron chi connectivity index (χ1n) is 9.29. The molecule has 1 aromatic heterocycles. The van der Waals surface area contributed by atoms with Gasteiger partial charge in [0.2, 0.25) is 5.91 Å². The number of aryl methyl sites for hydroxylation is 1. The van der Waals surface area contributed by atoms with E-state index in [1.165, 1.54) is 6.42 Å². The van der Waals surface area contributed by atoms with Crippen molar-refractivity contribution in [1.29, 1.82) is 0 Å². The van der Waals surface area contributed by atoms with Crippen LogP contribution in [0.1, 0.15) is 62.5 Å². The van der Waals surface area contributed by atoms with Crippen molar-refractivity contribution in [2.45, 2.75) is 64.0 Å². The fraction of sp³-hybridized carbons (Fsp3) is 0.737. The number of nitrogens with zero attached hydrogens (tertiary/aromatic N) is 1. The van der Waals surface area contributed by atoms with Crippen LogP contribution in [-0.4, -0.2) is 43.3 Å². The molecular formula is C19H29NO4. The lowest BCUT2D eigenvalue weighted by molar-refractivity contribution is -0.135. The Morgan fingerprint density at radius 3 is 2.92 bits per heavy atom. The van der Waals surface area contributed by atoms with Crippen molar-refractivity contribution in [3.05, 3.63) is 23.7 Å². The molecule has 24 heavy (non-hydrogen) atoms. The second-order valence-corrected chi connectivity index (χ2v) is 6.86. The van der Waals surface area contributed by atoms with Gasteiger partial charge in [-0.1, -0.05) is 12.8 Å². The minimum Gasteiger partial charge on any atom is -0.464 e. The van der Waals surface area contributed by atoms with Crippen LogP contribution >= 0.6 is 0 Å². The molecule has 134 valence electrons. The van der Waals surface area contributed by atoms with Crippen LogP contribution < -0.4 is 0 Å². The lowest BCUT2D eigenvalue weighted by Gasteiger charge is -2.29. The first kappa shape index (κ1) is 17.5. The lowest BCUT2D eigenvalue weighted by Crippen LogP contribution is -2.35. The van der Waals surface area contributed by atoms with Gasteiger partial charge in [0.1, 0.15) is 11.5 Å². The van der Waals surface area contributed by atoms with E-state index in [4.69, 9.17) is 13.9 Å². The molecule has 5 nitrogen and oxygen atoms in total. The summed E-state index contributed by atoms with van der Waals surface area (Å²) >= 11 is 0. The van der Waals surface area contributed by atoms with E-state index in [0.717, 1.165) is 56.8 Å². The molecule has 0 saturated carbocycles. The number of furan rings is 1. The third kappa shape index (κ3) is 4.61. The maximum Gasteiger partial charge on any atom is 0.225 e. The van der Waals surface area contributed by atoms with Crippen molar-refractivity contribution in [2.75, 3.05) is 26.4 Å². The number of ether oxygens (including phenoxy) is 2. The largest absolute Gasteiger partial charge is 0.464 e. The fourth-order valence-electron chi connectivity index (χ4n) is 3.63. The normalized spacial score (nSPS) is 25.0. The van der Waals surface area contributed by atoms with Crippen LogP contribution in [0.15, 0.2) is 16.5 Å². The van der Waals surface area contributed by atoms with Gasteiger partial charge in [0, 0.05) is 13.2 Å². The van der Waals surface area contributed by atoms with Crippen LogP contribution in [0.2, 0.25) is 0 Å². The second-order valence-electron chi connectivity index (χ2n) is 6.86. The molecule has 0 aliphatic carbocycles. The molecule has 0 unspecified atom stereocenters. The number of hydrogen-bond acceptors (Lipinski definition) is 4. The van der Waals surface area contributed by atoms with E-state index in [0.29, 0.717) is 19.6 Å². The van der Waals surface area contributed by atoms with Crippen molar-refractivity contribution in [2.24, 2.45) is 0 Å². The summed E-state index contributed by atoms with van der Waals surface area (Å²) in [4.78, 5) is 14.7. The van der Waals surface area contributed by atoms with E-state index in [1.807, 2.05) is 24.0 Å². The van der Waals surface area contributed by atoms with Crippen molar-refractivity contribution in [1.82, 2.24) is 4.90 Å². The third-order valence-electron chi connectivity index (χ3n) is 4.95. The molecule has 3 heterocycles. The van der Waals surface area contributed by atoms with Crippen molar-refractivity contribution >= 4 is 5.91 Å². The maximum absolute atomic E-state index is 12.7. The van der Waals surface area contributed by atoms with Crippen LogP contribution in [0, 0.1) is 6.92 Å². The van der Waals surface area contributed by atoms with E-state index in [-0.39, 0.29) is 18.1 Å². The van der Waals surface area contributed by atoms with Crippen molar-refractivity contribution in [3.8, 4) is 0 Å². The molecule has 5 heteroatoms. The molecule has 0 aromatic carbocycles. The SMILES string of the molecule is Cc1ccc([C@@H]2CCCCCN2C(=O)CCOC[C@@H]2CCCO2)o1. The first-order chi connectivity index (χ1) is 11.7. The molecule has 1 aromatic rings. The van der Waals surface area contributed by atoms with Crippen LogP contribution in [0.4, 0.5) is 0 Å². The number of rotatable bonds is 6. The zero-order valence-electron chi connectivity index (χ0n) is 14.7. The highest BCUT2D eigenvalue weighted by Gasteiger charge is 2.28. The summed E-state index contributed by atoms with van der Waals surface area (Å²) in [6.45, 7) is 4.68. The van der Waals surface area contributed by atoms with Crippen LogP contribution in [0.25, 0.3) is 0 Å². The van der Waals surface area contributed by atoms with Gasteiger partial charge in [0.15, 0.2) is 0 Å². The molecule has 3 rings (SSSR count). The van der Waals surface area contributed by atoms with E-state index in [2.05, 4.69) is 0 Å². The first-order valence-corrected chi connectivity index (χ1v) is 9.29. The van der Waals surface area contributed by atoms with E-state index in [9.17, 15) is 4.79 Å². The summed E-state index contributed by atoms with van der Waals surface area (Å²) in [6.07, 6.45) is 7.21. The van der Waals surface area contributed by atoms with Gasteiger partial charge >= 0.3 is 0 Å². The van der Waals surface area contributed by atoms with Gasteiger partial charge < -0.3 is 18.8 Å². The van der Waals surface area contributed by atoms with Crippen molar-refractivity contribution < 1.29 is 18.7 Å². The fourth-order valence-corrected chi connectivity index (χ4v) is 3.63. The molecule has 2 aliphatic rings. The summed E-state index contributed by atoms with van der Waals surface area (Å²) < 4.78 is 17.0. The summed E-state index contributed by atoms with van der Waals surface area (Å²) in [5, 5.41) is 0. The summed E-state index contributed by atoms with van der Waals surface area (Å²) in [7, 11) is 0. The zero-order valence-corrected chi connectivity index (χ0v) is 14.7. The molecule has 0 N–H and O–H groups in total. The van der Waals surface area contributed by atoms with Gasteiger partial charge in [-0.2, -0.15) is 0 Å². The molecule has 2 fully saturated rings. The number of carbonyl (C=O) groups excluding carboxylic acids is 1. The number of likely N-dealkylation sites (tertiary alicyclic amines) is 1. The predicted octanol–water partition coefficient (Wildman–Crippen LogP) is 3.62. The van der Waals surface area contributed by atoms with Gasteiger partial charge in [-0.25, -0.2) is 0 Å². The molecule has 2 atom stereocenters. The smallest absolute Gasteiger partial charge is 0.225 e. The Balaban J connectivity index is 1.51. The van der Waals surface area contributed by atoms with Gasteiger partial charge in [-0.15, -0.1) is 0 Å². The number of amides is 1. The number of carbonyl (C=O) groups is 1. The minimum atomic E-state index is 0.0758. The highest BCUT2D eigenvalue weighted by molar-refractivity contribution is 5.76. The van der Waals surface area contributed by atoms with E-state index < -0.39 is 0 Å². The van der Waals surface area contributed by atoms with E-state index in [1.54, 1.807) is 0 Å². The van der Waals surface area contributed by atoms with Crippen molar-refractivity contribution in [3.63, 3.8) is 0 Å². The molecule has 0 spiro atoms. The molecule has 0 radical (unpaired) electrons. The maximum atomic E-state index is 12.7. The van der Waals surface area contributed by atoms with E-state index >= 15 is 0 Å². The average Bonchev–Trinajstić information content (AvgIpc) is 3.18. The molecule has 0 bridgehead atoms. The lowest BCUT2D eigenvalue weighted by atomic mass is 10.1. The van der Waals surface area contributed by atoms with Crippen LogP contribution in [0.3, 0.4) is 0 Å². The highest BCUT2D eigenvalue weighted by Crippen LogP contribution is 2.31. The highest BCUT2D eigenvalue weighted by atomic mass is 16.5. The number of hydrogen-bond donors (Lipinski definition) is 0.